The second kappa shape index (κ2) is 9.84. The molecule has 0 spiro atoms. The molecule has 11 heteroatoms. The highest BCUT2D eigenvalue weighted by Gasteiger charge is 2.16. The molecule has 2 aromatic heterocycles. The zero-order valence-electron chi connectivity index (χ0n) is 19.2. The lowest BCUT2D eigenvalue weighted by molar-refractivity contribution is -0.384. The number of furan rings is 1. The van der Waals surface area contributed by atoms with Crippen LogP contribution in [-0.2, 0) is 0 Å². The molecule has 0 aliphatic carbocycles. The van der Waals surface area contributed by atoms with Crippen molar-refractivity contribution in [2.24, 2.45) is 0 Å². The lowest BCUT2D eigenvalue weighted by Crippen LogP contribution is -2.33. The molecule has 5 rings (SSSR count). The molecule has 1 amide bonds. The summed E-state index contributed by atoms with van der Waals surface area (Å²) in [5, 5.41) is 17.2. The van der Waals surface area contributed by atoms with Crippen molar-refractivity contribution in [1.29, 1.82) is 0 Å². The van der Waals surface area contributed by atoms with Gasteiger partial charge in [-0.1, -0.05) is 29.8 Å². The summed E-state index contributed by atoms with van der Waals surface area (Å²) in [6.07, 6.45) is 0. The number of nitro groups is 1. The van der Waals surface area contributed by atoms with E-state index in [9.17, 15) is 14.9 Å². The number of carbonyl (C=O) groups is 1. The van der Waals surface area contributed by atoms with Crippen molar-refractivity contribution in [2.75, 3.05) is 5.32 Å². The standard InChI is InChI=1S/C26H17ClN4O5S/c1-14-5-6-16(12-19(14)27)25-29-20-13-17(7-8-22(20)36-25)28-26(37)30-24(32)23-10-9-21(35-23)15-3-2-4-18(11-15)31(33)34/h2-13H,1H3,(H2,28,30,32,37). The Hall–Kier alpha value is -4.54. The summed E-state index contributed by atoms with van der Waals surface area (Å²) in [7, 11) is 0. The van der Waals surface area contributed by atoms with Crippen molar-refractivity contribution >= 4 is 57.3 Å². The molecular formula is C26H17ClN4O5S. The predicted molar refractivity (Wildman–Crippen MR) is 144 cm³/mol. The number of amides is 1. The molecule has 9 nitrogen and oxygen atoms in total. The largest absolute Gasteiger partial charge is 0.451 e. The number of hydrogen-bond acceptors (Lipinski definition) is 7. The first-order chi connectivity index (χ1) is 17.8. The van der Waals surface area contributed by atoms with Crippen LogP contribution in [0.5, 0.6) is 0 Å². The number of aromatic nitrogens is 1. The smallest absolute Gasteiger partial charge is 0.293 e. The quantitative estimate of drug-likeness (QED) is 0.145. The Morgan fingerprint density at radius 2 is 1.86 bits per heavy atom. The Morgan fingerprint density at radius 1 is 1.03 bits per heavy atom. The molecule has 0 aliphatic rings. The van der Waals surface area contributed by atoms with E-state index in [1.165, 1.54) is 18.2 Å². The Balaban J connectivity index is 1.26. The van der Waals surface area contributed by atoms with E-state index in [0.29, 0.717) is 39.0 Å². The zero-order chi connectivity index (χ0) is 26.1. The van der Waals surface area contributed by atoms with Gasteiger partial charge in [-0.05, 0) is 67.2 Å². The van der Waals surface area contributed by atoms with E-state index in [1.807, 2.05) is 19.1 Å². The van der Waals surface area contributed by atoms with E-state index in [4.69, 9.17) is 32.7 Å². The fraction of sp³-hybridized carbons (Fsp3) is 0.0385. The third-order valence-corrected chi connectivity index (χ3v) is 6.07. The molecule has 0 aliphatic heterocycles. The zero-order valence-corrected chi connectivity index (χ0v) is 20.7. The summed E-state index contributed by atoms with van der Waals surface area (Å²) in [5.74, 6) is 0.173. The second-order valence-electron chi connectivity index (χ2n) is 8.05. The minimum absolute atomic E-state index is 0.000917. The van der Waals surface area contributed by atoms with Gasteiger partial charge in [0.25, 0.3) is 11.6 Å². The first-order valence-corrected chi connectivity index (χ1v) is 11.7. The maximum Gasteiger partial charge on any atom is 0.293 e. The number of hydrogen-bond donors (Lipinski definition) is 2. The van der Waals surface area contributed by atoms with E-state index >= 15 is 0 Å². The molecule has 2 N–H and O–H groups in total. The van der Waals surface area contributed by atoms with Crippen LogP contribution in [0.3, 0.4) is 0 Å². The average molecular weight is 533 g/mol. The van der Waals surface area contributed by atoms with Gasteiger partial charge in [0.05, 0.1) is 4.92 Å². The molecule has 0 radical (unpaired) electrons. The number of non-ortho nitro benzene ring substituents is 1. The first-order valence-electron chi connectivity index (χ1n) is 10.9. The molecule has 184 valence electrons. The van der Waals surface area contributed by atoms with Crippen molar-refractivity contribution in [3.8, 4) is 22.8 Å². The number of fused-ring (bicyclic) bond motifs is 1. The summed E-state index contributed by atoms with van der Waals surface area (Å²) in [4.78, 5) is 27.6. The van der Waals surface area contributed by atoms with Gasteiger partial charge in [-0.25, -0.2) is 4.98 Å². The molecule has 3 aromatic carbocycles. The Kier molecular flexibility index (Phi) is 6.43. The minimum atomic E-state index is -0.574. The third-order valence-electron chi connectivity index (χ3n) is 5.46. The van der Waals surface area contributed by atoms with Crippen molar-refractivity contribution in [2.45, 2.75) is 6.92 Å². The van der Waals surface area contributed by atoms with E-state index < -0.39 is 10.8 Å². The van der Waals surface area contributed by atoms with Gasteiger partial charge >= 0.3 is 0 Å². The van der Waals surface area contributed by atoms with Gasteiger partial charge in [-0.15, -0.1) is 0 Å². The van der Waals surface area contributed by atoms with Crippen LogP contribution in [0.1, 0.15) is 16.1 Å². The van der Waals surface area contributed by atoms with Crippen LogP contribution < -0.4 is 10.6 Å². The topological polar surface area (TPSA) is 123 Å². The van der Waals surface area contributed by atoms with Crippen LogP contribution in [0.4, 0.5) is 11.4 Å². The second-order valence-corrected chi connectivity index (χ2v) is 8.86. The number of rotatable bonds is 5. The Morgan fingerprint density at radius 3 is 2.65 bits per heavy atom. The number of nitro benzene ring substituents is 1. The van der Waals surface area contributed by atoms with E-state index in [-0.39, 0.29) is 16.6 Å². The fourth-order valence-electron chi connectivity index (χ4n) is 3.57. The molecule has 0 saturated carbocycles. The maximum atomic E-state index is 12.6. The van der Waals surface area contributed by atoms with Crippen LogP contribution in [0, 0.1) is 17.0 Å². The molecule has 0 atom stereocenters. The highest BCUT2D eigenvalue weighted by Crippen LogP contribution is 2.29. The summed E-state index contributed by atoms with van der Waals surface area (Å²) in [6.45, 7) is 1.92. The lowest BCUT2D eigenvalue weighted by Gasteiger charge is -2.08. The van der Waals surface area contributed by atoms with Gasteiger partial charge in [0.15, 0.2) is 16.5 Å². The van der Waals surface area contributed by atoms with Crippen LogP contribution in [0.2, 0.25) is 5.02 Å². The first kappa shape index (κ1) is 24.2. The van der Waals surface area contributed by atoms with Crippen molar-refractivity contribution in [3.63, 3.8) is 0 Å². The van der Waals surface area contributed by atoms with Crippen molar-refractivity contribution in [3.05, 3.63) is 99.3 Å². The van der Waals surface area contributed by atoms with Crippen LogP contribution in [0.15, 0.2) is 81.6 Å². The number of nitrogens with zero attached hydrogens (tertiary/aromatic N) is 2. The number of benzene rings is 3. The van der Waals surface area contributed by atoms with Gasteiger partial charge in [0.2, 0.25) is 5.89 Å². The maximum absolute atomic E-state index is 12.6. The number of carbonyl (C=O) groups excluding carboxylic acids is 1. The van der Waals surface area contributed by atoms with E-state index in [0.717, 1.165) is 11.1 Å². The minimum Gasteiger partial charge on any atom is -0.451 e. The van der Waals surface area contributed by atoms with Crippen molar-refractivity contribution in [1.82, 2.24) is 10.3 Å². The number of halogens is 1. The normalized spacial score (nSPS) is 10.9. The molecule has 0 bridgehead atoms. The molecule has 5 aromatic rings. The molecule has 2 heterocycles. The van der Waals surface area contributed by atoms with Gasteiger partial charge in [0, 0.05) is 34.0 Å². The average Bonchev–Trinajstić information content (AvgIpc) is 3.53. The molecule has 0 saturated heterocycles. The van der Waals surface area contributed by atoms with Crippen molar-refractivity contribution < 1.29 is 18.6 Å². The third kappa shape index (κ3) is 5.20. The summed E-state index contributed by atoms with van der Waals surface area (Å²) < 4.78 is 11.4. The fourth-order valence-corrected chi connectivity index (χ4v) is 3.96. The summed E-state index contributed by atoms with van der Waals surface area (Å²) >= 11 is 11.5. The van der Waals surface area contributed by atoms with Gasteiger partial charge in [0.1, 0.15) is 11.3 Å². The van der Waals surface area contributed by atoms with Crippen LogP contribution >= 0.6 is 23.8 Å². The highest BCUT2D eigenvalue weighted by molar-refractivity contribution is 7.80. The number of thiocarbonyl (C=S) groups is 1. The SMILES string of the molecule is Cc1ccc(-c2nc3cc(NC(=S)NC(=O)c4ccc(-c5cccc([N+](=O)[O-])c5)o4)ccc3o2)cc1Cl. The summed E-state index contributed by atoms with van der Waals surface area (Å²) in [5.41, 5.74) is 3.88. The van der Waals surface area contributed by atoms with Gasteiger partial charge < -0.3 is 14.2 Å². The van der Waals surface area contributed by atoms with E-state index in [2.05, 4.69) is 15.6 Å². The molecular weight excluding hydrogens is 516 g/mol. The van der Waals surface area contributed by atoms with Crippen LogP contribution in [0.25, 0.3) is 33.9 Å². The Bertz CT molecular complexity index is 1690. The highest BCUT2D eigenvalue weighted by atomic mass is 35.5. The van der Waals surface area contributed by atoms with Crippen LogP contribution in [-0.4, -0.2) is 20.9 Å². The van der Waals surface area contributed by atoms with Gasteiger partial charge in [-0.3, -0.25) is 20.2 Å². The predicted octanol–water partition coefficient (Wildman–Crippen LogP) is 6.75. The lowest BCUT2D eigenvalue weighted by atomic mass is 10.1. The molecule has 0 fully saturated rings. The monoisotopic (exact) mass is 532 g/mol. The van der Waals surface area contributed by atoms with Gasteiger partial charge in [-0.2, -0.15) is 0 Å². The number of anilines is 1. The van der Waals surface area contributed by atoms with E-state index in [1.54, 1.807) is 42.5 Å². The number of oxazole rings is 1. The Labute approximate surface area is 220 Å². The molecule has 37 heavy (non-hydrogen) atoms. The molecule has 0 unspecified atom stereocenters. The number of aryl methyl sites for hydroxylation is 1. The summed E-state index contributed by atoms with van der Waals surface area (Å²) in [6, 6.07) is 19.8. The number of nitrogens with one attached hydrogen (secondary N) is 2.